The molecule has 0 N–H and O–H groups in total. The van der Waals surface area contributed by atoms with Crippen molar-refractivity contribution in [2.75, 3.05) is 20.3 Å². The molecule has 0 aliphatic heterocycles. The van der Waals surface area contributed by atoms with Crippen molar-refractivity contribution in [2.45, 2.75) is 44.1 Å². The van der Waals surface area contributed by atoms with Crippen LogP contribution in [0.4, 0.5) is 0 Å². The molecule has 0 spiro atoms. The molecule has 0 unspecified atom stereocenters. The lowest BCUT2D eigenvalue weighted by Gasteiger charge is -2.38. The molecule has 0 saturated heterocycles. The van der Waals surface area contributed by atoms with E-state index in [2.05, 4.69) is 15.2 Å². The van der Waals surface area contributed by atoms with E-state index >= 15 is 0 Å². The molecule has 174 valence electrons. The molecule has 0 amide bonds. The third-order valence-corrected chi connectivity index (χ3v) is 6.91. The number of methoxy groups -OCH3 is 1. The lowest BCUT2D eigenvalue weighted by Crippen LogP contribution is -2.25. The minimum absolute atomic E-state index is 0.272. The van der Waals surface area contributed by atoms with Gasteiger partial charge in [-0.05, 0) is 49.7 Å². The van der Waals surface area contributed by atoms with Gasteiger partial charge >= 0.3 is 0 Å². The molecule has 4 aromatic rings. The summed E-state index contributed by atoms with van der Waals surface area (Å²) >= 11 is 0. The van der Waals surface area contributed by atoms with Crippen molar-refractivity contribution in [3.63, 3.8) is 0 Å². The number of hydrogen-bond donors (Lipinski definition) is 0. The van der Waals surface area contributed by atoms with Gasteiger partial charge in [-0.2, -0.15) is 4.52 Å². The molecule has 0 radical (unpaired) electrons. The van der Waals surface area contributed by atoms with Crippen LogP contribution in [0.5, 0.6) is 11.6 Å². The summed E-state index contributed by atoms with van der Waals surface area (Å²) in [5, 5.41) is 14.1. The minimum atomic E-state index is 0.272. The molecule has 0 atom stereocenters. The van der Waals surface area contributed by atoms with Crippen LogP contribution in [0.3, 0.4) is 0 Å². The van der Waals surface area contributed by atoms with E-state index in [-0.39, 0.29) is 6.61 Å². The minimum Gasteiger partial charge on any atom is -0.489 e. The highest BCUT2D eigenvalue weighted by Gasteiger charge is 2.39. The second kappa shape index (κ2) is 9.02. The van der Waals surface area contributed by atoms with Crippen molar-refractivity contribution >= 4 is 5.65 Å². The van der Waals surface area contributed by atoms with Gasteiger partial charge in [-0.15, -0.1) is 15.3 Å². The summed E-state index contributed by atoms with van der Waals surface area (Å²) in [5.41, 5.74) is 5.05. The number of rotatable bonds is 8. The average molecular weight is 458 g/mol. The maximum Gasteiger partial charge on any atom is 0.236 e. The number of benzene rings is 1. The van der Waals surface area contributed by atoms with Crippen molar-refractivity contribution in [1.82, 2.24) is 24.8 Å². The molecule has 2 bridgehead atoms. The van der Waals surface area contributed by atoms with Crippen molar-refractivity contribution in [1.29, 1.82) is 0 Å². The summed E-state index contributed by atoms with van der Waals surface area (Å²) in [5.74, 6) is 3.01. The number of pyridine rings is 1. The molecule has 7 rings (SSSR count). The molecule has 3 aromatic heterocycles. The lowest BCUT2D eigenvalue weighted by molar-refractivity contribution is 0.144. The average Bonchev–Trinajstić information content (AvgIpc) is 3.33. The number of ether oxygens (including phenoxy) is 3. The standard InChI is InChI=1S/C26H27N5O3/c1-32-14-15-33-21-8-5-13-27-20(21)16-34-26-23-18-11-9-17(10-12-18)22(23)25-29-28-24(31(25)30-26)19-6-3-2-4-7-19/h2-8,13,17-18H,9-12,14-16H2,1H3. The summed E-state index contributed by atoms with van der Waals surface area (Å²) in [6.07, 6.45) is 6.45. The second-order valence-corrected chi connectivity index (χ2v) is 8.88. The predicted molar refractivity (Wildman–Crippen MR) is 126 cm³/mol. The van der Waals surface area contributed by atoms with Crippen LogP contribution >= 0.6 is 0 Å². The Labute approximate surface area is 197 Å². The molecule has 8 heteroatoms. The molecular weight excluding hydrogens is 430 g/mol. The molecule has 3 aliphatic carbocycles. The first-order valence-corrected chi connectivity index (χ1v) is 11.9. The molecule has 3 heterocycles. The topological polar surface area (TPSA) is 83.7 Å². The summed E-state index contributed by atoms with van der Waals surface area (Å²) in [4.78, 5) is 4.50. The molecule has 1 saturated carbocycles. The van der Waals surface area contributed by atoms with Crippen molar-refractivity contribution in [2.24, 2.45) is 0 Å². The number of fused-ring (bicyclic) bond motifs is 3. The van der Waals surface area contributed by atoms with Crippen LogP contribution in [-0.2, 0) is 11.3 Å². The Morgan fingerprint density at radius 3 is 2.47 bits per heavy atom. The van der Waals surface area contributed by atoms with Gasteiger partial charge in [-0.3, -0.25) is 4.98 Å². The zero-order chi connectivity index (χ0) is 22.9. The highest BCUT2D eigenvalue weighted by Crippen LogP contribution is 2.53. The van der Waals surface area contributed by atoms with Crippen LogP contribution in [0.15, 0.2) is 48.7 Å². The third kappa shape index (κ3) is 3.68. The van der Waals surface area contributed by atoms with Gasteiger partial charge in [0.15, 0.2) is 11.5 Å². The van der Waals surface area contributed by atoms with Crippen LogP contribution < -0.4 is 9.47 Å². The van der Waals surface area contributed by atoms with Gasteiger partial charge in [-0.25, -0.2) is 0 Å². The normalized spacial score (nSPS) is 18.7. The van der Waals surface area contributed by atoms with E-state index in [9.17, 15) is 0 Å². The Bertz CT molecular complexity index is 1300. The first kappa shape index (κ1) is 21.0. The predicted octanol–water partition coefficient (Wildman–Crippen LogP) is 4.55. The van der Waals surface area contributed by atoms with E-state index in [1.54, 1.807) is 13.3 Å². The molecule has 1 fully saturated rings. The van der Waals surface area contributed by atoms with Gasteiger partial charge in [0.2, 0.25) is 5.88 Å². The first-order chi connectivity index (χ1) is 16.8. The Morgan fingerprint density at radius 2 is 1.68 bits per heavy atom. The van der Waals surface area contributed by atoms with Gasteiger partial charge in [-0.1, -0.05) is 30.3 Å². The van der Waals surface area contributed by atoms with Gasteiger partial charge < -0.3 is 14.2 Å². The van der Waals surface area contributed by atoms with Crippen LogP contribution in [0.25, 0.3) is 17.0 Å². The molecular formula is C26H27N5O3. The Kier molecular flexibility index (Phi) is 5.58. The summed E-state index contributed by atoms with van der Waals surface area (Å²) < 4.78 is 19.2. The maximum absolute atomic E-state index is 6.40. The third-order valence-electron chi connectivity index (χ3n) is 6.91. The zero-order valence-corrected chi connectivity index (χ0v) is 19.2. The highest BCUT2D eigenvalue weighted by molar-refractivity contribution is 5.65. The smallest absolute Gasteiger partial charge is 0.236 e. The number of hydrogen-bond acceptors (Lipinski definition) is 7. The molecule has 3 aliphatic rings. The van der Waals surface area contributed by atoms with Gasteiger partial charge in [0.1, 0.15) is 24.7 Å². The van der Waals surface area contributed by atoms with E-state index in [0.29, 0.717) is 36.7 Å². The monoisotopic (exact) mass is 457 g/mol. The van der Waals surface area contributed by atoms with Gasteiger partial charge in [0, 0.05) is 30.0 Å². The van der Waals surface area contributed by atoms with E-state index in [0.717, 1.165) is 22.7 Å². The van der Waals surface area contributed by atoms with Gasteiger partial charge in [0.05, 0.1) is 6.61 Å². The highest BCUT2D eigenvalue weighted by atomic mass is 16.5. The maximum atomic E-state index is 6.40. The molecule has 1 aromatic carbocycles. The summed E-state index contributed by atoms with van der Waals surface area (Å²) in [6.45, 7) is 1.24. The van der Waals surface area contributed by atoms with E-state index in [1.807, 2.05) is 47.0 Å². The lowest BCUT2D eigenvalue weighted by atomic mass is 9.67. The summed E-state index contributed by atoms with van der Waals surface area (Å²) in [6, 6.07) is 13.8. The van der Waals surface area contributed by atoms with Crippen molar-refractivity contribution < 1.29 is 14.2 Å². The second-order valence-electron chi connectivity index (χ2n) is 8.88. The van der Waals surface area contributed by atoms with Crippen LogP contribution in [0, 0.1) is 0 Å². The fourth-order valence-corrected chi connectivity index (χ4v) is 5.30. The van der Waals surface area contributed by atoms with Crippen molar-refractivity contribution in [3.8, 4) is 23.0 Å². The number of nitrogens with zero attached hydrogens (tertiary/aromatic N) is 5. The van der Waals surface area contributed by atoms with Crippen LogP contribution in [-0.4, -0.2) is 45.1 Å². The molecule has 8 nitrogen and oxygen atoms in total. The zero-order valence-electron chi connectivity index (χ0n) is 19.2. The fraction of sp³-hybridized carbons (Fsp3) is 0.385. The quantitative estimate of drug-likeness (QED) is 0.359. The van der Waals surface area contributed by atoms with Gasteiger partial charge in [0.25, 0.3) is 0 Å². The number of aromatic nitrogens is 5. The largest absolute Gasteiger partial charge is 0.489 e. The van der Waals surface area contributed by atoms with E-state index < -0.39 is 0 Å². The fourth-order valence-electron chi connectivity index (χ4n) is 5.30. The molecule has 34 heavy (non-hydrogen) atoms. The van der Waals surface area contributed by atoms with E-state index in [1.165, 1.54) is 36.8 Å². The van der Waals surface area contributed by atoms with Crippen LogP contribution in [0.2, 0.25) is 0 Å². The SMILES string of the molecule is COCCOc1cccnc1COc1nn2c(-c3ccccc3)nnc2c2c1C1CCC2CC1. The Morgan fingerprint density at radius 1 is 0.882 bits per heavy atom. The first-order valence-electron chi connectivity index (χ1n) is 11.9. The van der Waals surface area contributed by atoms with E-state index in [4.69, 9.17) is 19.3 Å². The van der Waals surface area contributed by atoms with Crippen LogP contribution in [0.1, 0.15) is 54.3 Å². The van der Waals surface area contributed by atoms with Crippen molar-refractivity contribution in [3.05, 3.63) is 65.5 Å². The Hall–Kier alpha value is -3.52. The Balaban J connectivity index is 1.40. The summed E-state index contributed by atoms with van der Waals surface area (Å²) in [7, 11) is 1.66.